The molecule has 0 fully saturated rings. The second kappa shape index (κ2) is 5.80. The number of aromatic nitrogens is 1. The largest absolute Gasteiger partial charge is 0.261 e. The Morgan fingerprint density at radius 1 is 1.32 bits per heavy atom. The number of nitrogens with zero attached hydrogens (tertiary/aromatic N) is 2. The Bertz CT molecular complexity index is 586. The van der Waals surface area contributed by atoms with Gasteiger partial charge in [0.1, 0.15) is 5.82 Å². The lowest BCUT2D eigenvalue weighted by molar-refractivity contribution is 0.815. The molecule has 2 aromatic rings. The fraction of sp³-hybridized carbons (Fsp3) is 0.200. The fourth-order valence-corrected chi connectivity index (χ4v) is 3.10. The SMILES string of the molecule is C1=C[C@@H](c2ccc(/C=N\Nc3ccccn3)s2)CC1. The van der Waals surface area contributed by atoms with E-state index in [9.17, 15) is 0 Å². The Hall–Kier alpha value is -1.94. The van der Waals surface area contributed by atoms with E-state index in [1.165, 1.54) is 22.6 Å². The molecule has 96 valence electrons. The van der Waals surface area contributed by atoms with Gasteiger partial charge in [-0.3, -0.25) is 5.43 Å². The summed E-state index contributed by atoms with van der Waals surface area (Å²) >= 11 is 1.80. The van der Waals surface area contributed by atoms with Crippen LogP contribution in [0, 0.1) is 0 Å². The Morgan fingerprint density at radius 3 is 3.11 bits per heavy atom. The first-order valence-corrected chi connectivity index (χ1v) is 7.20. The maximum Gasteiger partial charge on any atom is 0.146 e. The van der Waals surface area contributed by atoms with E-state index >= 15 is 0 Å². The molecule has 0 saturated heterocycles. The van der Waals surface area contributed by atoms with Gasteiger partial charge in [-0.15, -0.1) is 11.3 Å². The number of allylic oxidation sites excluding steroid dienone is 2. The topological polar surface area (TPSA) is 37.3 Å². The Labute approximate surface area is 116 Å². The maximum atomic E-state index is 4.21. The van der Waals surface area contributed by atoms with Crippen molar-refractivity contribution in [1.82, 2.24) is 4.98 Å². The van der Waals surface area contributed by atoms with Gasteiger partial charge in [-0.2, -0.15) is 5.10 Å². The standard InChI is InChI=1S/C15H15N3S/c1-2-6-12(5-1)14-9-8-13(19-14)11-17-18-15-7-3-4-10-16-15/h1,3-5,7-12H,2,6H2,(H,16,18)/b17-11-/t12-/m1/s1. The first-order valence-electron chi connectivity index (χ1n) is 6.38. The van der Waals surface area contributed by atoms with Crippen molar-refractivity contribution in [2.75, 3.05) is 5.43 Å². The average Bonchev–Trinajstić information content (AvgIpc) is 3.10. The van der Waals surface area contributed by atoms with Gasteiger partial charge in [-0.05, 0) is 37.1 Å². The zero-order chi connectivity index (χ0) is 12.9. The van der Waals surface area contributed by atoms with E-state index in [0.29, 0.717) is 5.92 Å². The molecule has 0 unspecified atom stereocenters. The number of hydrazone groups is 1. The molecule has 0 radical (unpaired) electrons. The summed E-state index contributed by atoms with van der Waals surface area (Å²) in [5.74, 6) is 1.37. The van der Waals surface area contributed by atoms with E-state index in [1.807, 2.05) is 24.4 Å². The highest BCUT2D eigenvalue weighted by atomic mass is 32.1. The van der Waals surface area contributed by atoms with Gasteiger partial charge in [0.25, 0.3) is 0 Å². The lowest BCUT2D eigenvalue weighted by Crippen LogP contribution is -1.91. The quantitative estimate of drug-likeness (QED) is 0.517. The van der Waals surface area contributed by atoms with Crippen LogP contribution in [-0.2, 0) is 0 Å². The Balaban J connectivity index is 1.62. The number of hydrogen-bond acceptors (Lipinski definition) is 4. The van der Waals surface area contributed by atoms with E-state index in [-0.39, 0.29) is 0 Å². The minimum atomic E-state index is 0.607. The van der Waals surface area contributed by atoms with E-state index in [2.05, 4.69) is 39.8 Å². The Morgan fingerprint density at radius 2 is 2.32 bits per heavy atom. The van der Waals surface area contributed by atoms with Crippen molar-refractivity contribution in [1.29, 1.82) is 0 Å². The van der Waals surface area contributed by atoms with Crippen LogP contribution in [-0.4, -0.2) is 11.2 Å². The zero-order valence-electron chi connectivity index (χ0n) is 10.5. The number of anilines is 1. The number of hydrogen-bond donors (Lipinski definition) is 1. The van der Waals surface area contributed by atoms with Crippen molar-refractivity contribution in [3.63, 3.8) is 0 Å². The molecule has 0 aliphatic heterocycles. The lowest BCUT2D eigenvalue weighted by Gasteiger charge is -2.01. The molecule has 1 atom stereocenters. The van der Waals surface area contributed by atoms with Crippen molar-refractivity contribution in [3.05, 3.63) is 58.4 Å². The summed E-state index contributed by atoms with van der Waals surface area (Å²) in [6.45, 7) is 0. The summed E-state index contributed by atoms with van der Waals surface area (Å²) in [7, 11) is 0. The molecule has 1 N–H and O–H groups in total. The molecule has 0 aromatic carbocycles. The molecule has 19 heavy (non-hydrogen) atoms. The summed E-state index contributed by atoms with van der Waals surface area (Å²) in [6, 6.07) is 10.0. The minimum Gasteiger partial charge on any atom is -0.261 e. The second-order valence-corrected chi connectivity index (χ2v) is 5.58. The van der Waals surface area contributed by atoms with Crippen LogP contribution in [0.3, 0.4) is 0 Å². The highest BCUT2D eigenvalue weighted by molar-refractivity contribution is 7.13. The normalized spacial score (nSPS) is 18.2. The first-order chi connectivity index (χ1) is 9.42. The zero-order valence-corrected chi connectivity index (χ0v) is 11.3. The molecule has 4 heteroatoms. The molecule has 2 aromatic heterocycles. The molecule has 0 amide bonds. The van der Waals surface area contributed by atoms with Crippen molar-refractivity contribution < 1.29 is 0 Å². The number of rotatable bonds is 4. The van der Waals surface area contributed by atoms with Gasteiger partial charge in [0, 0.05) is 21.9 Å². The fourth-order valence-electron chi connectivity index (χ4n) is 2.10. The number of thiophene rings is 1. The predicted octanol–water partition coefficient (Wildman–Crippen LogP) is 4.02. The summed E-state index contributed by atoms with van der Waals surface area (Å²) in [4.78, 5) is 6.74. The third-order valence-electron chi connectivity index (χ3n) is 3.06. The first kappa shape index (κ1) is 12.1. The van der Waals surface area contributed by atoms with Crippen molar-refractivity contribution >= 4 is 23.4 Å². The smallest absolute Gasteiger partial charge is 0.146 e. The van der Waals surface area contributed by atoms with Gasteiger partial charge in [0.15, 0.2) is 0 Å². The summed E-state index contributed by atoms with van der Waals surface area (Å²) in [5, 5.41) is 4.21. The minimum absolute atomic E-state index is 0.607. The van der Waals surface area contributed by atoms with Crippen LogP contribution in [0.2, 0.25) is 0 Å². The molecule has 1 aliphatic carbocycles. The van der Waals surface area contributed by atoms with Gasteiger partial charge in [-0.1, -0.05) is 18.2 Å². The van der Waals surface area contributed by atoms with E-state index in [1.54, 1.807) is 17.5 Å². The second-order valence-electron chi connectivity index (χ2n) is 4.44. The van der Waals surface area contributed by atoms with Crippen LogP contribution in [0.25, 0.3) is 0 Å². The van der Waals surface area contributed by atoms with Gasteiger partial charge in [0.05, 0.1) is 6.21 Å². The predicted molar refractivity (Wildman–Crippen MR) is 80.9 cm³/mol. The van der Waals surface area contributed by atoms with Crippen LogP contribution < -0.4 is 5.43 Å². The number of pyridine rings is 1. The van der Waals surface area contributed by atoms with E-state index < -0.39 is 0 Å². The molecule has 1 aliphatic rings. The molecule has 0 spiro atoms. The average molecular weight is 269 g/mol. The van der Waals surface area contributed by atoms with Crippen LogP contribution in [0.15, 0.2) is 53.8 Å². The lowest BCUT2D eigenvalue weighted by atomic mass is 10.1. The van der Waals surface area contributed by atoms with Crippen LogP contribution in [0.4, 0.5) is 5.82 Å². The van der Waals surface area contributed by atoms with E-state index in [4.69, 9.17) is 0 Å². The third kappa shape index (κ3) is 3.09. The van der Waals surface area contributed by atoms with Crippen LogP contribution >= 0.6 is 11.3 Å². The molecule has 2 heterocycles. The molecular formula is C15H15N3S. The van der Waals surface area contributed by atoms with Crippen LogP contribution in [0.5, 0.6) is 0 Å². The Kier molecular flexibility index (Phi) is 3.70. The summed E-state index contributed by atoms with van der Waals surface area (Å²) in [5.41, 5.74) is 2.92. The molecule has 0 saturated carbocycles. The maximum absolute atomic E-state index is 4.21. The third-order valence-corrected chi connectivity index (χ3v) is 4.21. The molecule has 0 bridgehead atoms. The van der Waals surface area contributed by atoms with Crippen molar-refractivity contribution in [2.45, 2.75) is 18.8 Å². The highest BCUT2D eigenvalue weighted by Crippen LogP contribution is 2.32. The van der Waals surface area contributed by atoms with Gasteiger partial charge < -0.3 is 0 Å². The van der Waals surface area contributed by atoms with Crippen molar-refractivity contribution in [2.24, 2.45) is 5.10 Å². The van der Waals surface area contributed by atoms with Gasteiger partial charge in [-0.25, -0.2) is 4.98 Å². The van der Waals surface area contributed by atoms with Gasteiger partial charge >= 0.3 is 0 Å². The summed E-state index contributed by atoms with van der Waals surface area (Å²) in [6.07, 6.45) is 10.6. The molecular weight excluding hydrogens is 254 g/mol. The molecule has 3 nitrogen and oxygen atoms in total. The monoisotopic (exact) mass is 269 g/mol. The summed E-state index contributed by atoms with van der Waals surface area (Å²) < 4.78 is 0. The highest BCUT2D eigenvalue weighted by Gasteiger charge is 2.13. The van der Waals surface area contributed by atoms with Gasteiger partial charge in [0.2, 0.25) is 0 Å². The van der Waals surface area contributed by atoms with Crippen molar-refractivity contribution in [3.8, 4) is 0 Å². The van der Waals surface area contributed by atoms with E-state index in [0.717, 1.165) is 5.82 Å². The van der Waals surface area contributed by atoms with Crippen LogP contribution in [0.1, 0.15) is 28.5 Å². The molecule has 3 rings (SSSR count). The number of nitrogens with one attached hydrogen (secondary N) is 1.